The summed E-state index contributed by atoms with van der Waals surface area (Å²) in [6, 6.07) is 4.60. The molecule has 1 fully saturated rings. The van der Waals surface area contributed by atoms with Crippen LogP contribution < -0.4 is 4.74 Å². The van der Waals surface area contributed by atoms with E-state index >= 15 is 8.78 Å². The normalized spacial score (nSPS) is 14.9. The van der Waals surface area contributed by atoms with Gasteiger partial charge in [-0.2, -0.15) is 18.3 Å². The molecule has 1 aliphatic heterocycles. The van der Waals surface area contributed by atoms with Crippen LogP contribution in [0, 0.1) is 11.6 Å². The van der Waals surface area contributed by atoms with Crippen LogP contribution in [0.5, 0.6) is 11.5 Å². The molecule has 0 amide bonds. The fourth-order valence-corrected chi connectivity index (χ4v) is 6.06. The molecule has 1 saturated heterocycles. The second-order valence-corrected chi connectivity index (χ2v) is 19.3. The molecule has 15 heteroatoms. The number of benzene rings is 1. The van der Waals surface area contributed by atoms with Crippen LogP contribution in [0.4, 0.5) is 26.3 Å². The highest BCUT2D eigenvalue weighted by molar-refractivity contribution is 6.76. The first-order valence-electron chi connectivity index (χ1n) is 15.6. The molecule has 0 N–H and O–H groups in total. The molecule has 3 aromatic heterocycles. The Kier molecular flexibility index (Phi) is 10.1. The van der Waals surface area contributed by atoms with Crippen molar-refractivity contribution >= 4 is 24.9 Å². The van der Waals surface area contributed by atoms with Gasteiger partial charge in [0.1, 0.15) is 23.9 Å². The van der Waals surface area contributed by atoms with Gasteiger partial charge in [-0.15, -0.1) is 0 Å². The number of carbonyl (C=O) groups is 1. The minimum Gasteiger partial charge on any atom is -0.450 e. The van der Waals surface area contributed by atoms with E-state index < -0.39 is 49.0 Å². The van der Waals surface area contributed by atoms with Crippen LogP contribution in [-0.2, 0) is 33.6 Å². The molecule has 0 spiro atoms. The summed E-state index contributed by atoms with van der Waals surface area (Å²) in [5.74, 6) is -3.43. The van der Waals surface area contributed by atoms with Crippen LogP contribution in [0.3, 0.4) is 0 Å². The van der Waals surface area contributed by atoms with Crippen molar-refractivity contribution in [2.24, 2.45) is 0 Å². The van der Waals surface area contributed by atoms with Gasteiger partial charge in [0, 0.05) is 51.5 Å². The number of ether oxygens (including phenoxy) is 3. The average Bonchev–Trinajstić information content (AvgIpc) is 3.58. The maximum absolute atomic E-state index is 15.4. The molecule has 48 heavy (non-hydrogen) atoms. The minimum absolute atomic E-state index is 0.0153. The van der Waals surface area contributed by atoms with E-state index in [1.165, 1.54) is 16.9 Å². The van der Waals surface area contributed by atoms with Gasteiger partial charge in [0.15, 0.2) is 28.7 Å². The first-order chi connectivity index (χ1) is 22.4. The van der Waals surface area contributed by atoms with Crippen LogP contribution in [0.2, 0.25) is 25.7 Å². The predicted molar refractivity (Wildman–Crippen MR) is 169 cm³/mol. The zero-order valence-electron chi connectivity index (χ0n) is 27.4. The summed E-state index contributed by atoms with van der Waals surface area (Å²) in [5, 5.41) is 4.00. The van der Waals surface area contributed by atoms with E-state index in [9.17, 15) is 22.4 Å². The standard InChI is InChI=1S/C33H38F6N4O4Si/c1-20(2)43-26(15-28(41-43)33(37,38)39)23-16-42(19-45-10-11-48(3,4)5)31-29(23)27(7-9-40-31)47-30-24(34)13-21(14-25(30)35)12-22(44)6-8-32(36)17-46-18-32/h7,9,13-16,20H,6,8,10-12,17-19H2,1-5H3. The lowest BCUT2D eigenvalue weighted by atomic mass is 9.95. The van der Waals surface area contributed by atoms with Crippen LogP contribution >= 0.6 is 0 Å². The van der Waals surface area contributed by atoms with Crippen molar-refractivity contribution in [3.8, 4) is 22.8 Å². The van der Waals surface area contributed by atoms with E-state index in [1.54, 1.807) is 24.6 Å². The van der Waals surface area contributed by atoms with Crippen LogP contribution in [0.25, 0.3) is 22.3 Å². The van der Waals surface area contributed by atoms with E-state index in [0.29, 0.717) is 6.61 Å². The first kappa shape index (κ1) is 35.6. The Labute approximate surface area is 275 Å². The van der Waals surface area contributed by atoms with Crippen molar-refractivity contribution in [1.82, 2.24) is 19.3 Å². The molecule has 4 heterocycles. The second kappa shape index (κ2) is 13.7. The van der Waals surface area contributed by atoms with Gasteiger partial charge in [-0.3, -0.25) is 9.48 Å². The van der Waals surface area contributed by atoms with Gasteiger partial charge < -0.3 is 18.8 Å². The molecule has 0 radical (unpaired) electrons. The van der Waals surface area contributed by atoms with Crippen LogP contribution in [0.1, 0.15) is 44.0 Å². The Morgan fingerprint density at radius 3 is 2.40 bits per heavy atom. The molecule has 0 saturated carbocycles. The number of carbonyl (C=O) groups excluding carboxylic acids is 1. The number of hydrogen-bond donors (Lipinski definition) is 0. The summed E-state index contributed by atoms with van der Waals surface area (Å²) < 4.78 is 106. The van der Waals surface area contributed by atoms with Gasteiger partial charge >= 0.3 is 6.18 Å². The zero-order chi connectivity index (χ0) is 35.0. The molecule has 1 aliphatic rings. The quantitative estimate of drug-likeness (QED) is 0.0748. The van der Waals surface area contributed by atoms with Crippen molar-refractivity contribution in [2.45, 2.75) is 83.4 Å². The summed E-state index contributed by atoms with van der Waals surface area (Å²) >= 11 is 0. The second-order valence-electron chi connectivity index (χ2n) is 13.7. The van der Waals surface area contributed by atoms with Crippen molar-refractivity contribution in [3.63, 3.8) is 0 Å². The van der Waals surface area contributed by atoms with Gasteiger partial charge in [0.25, 0.3) is 0 Å². The highest BCUT2D eigenvalue weighted by Crippen LogP contribution is 2.42. The summed E-state index contributed by atoms with van der Waals surface area (Å²) in [4.78, 5) is 16.8. The number of nitrogens with zero attached hydrogens (tertiary/aromatic N) is 4. The van der Waals surface area contributed by atoms with Gasteiger partial charge in [-0.1, -0.05) is 19.6 Å². The lowest BCUT2D eigenvalue weighted by molar-refractivity contribution is -0.141. The van der Waals surface area contributed by atoms with E-state index in [2.05, 4.69) is 29.7 Å². The lowest BCUT2D eigenvalue weighted by Gasteiger charge is -2.33. The third-order valence-corrected chi connectivity index (χ3v) is 9.69. The fourth-order valence-electron chi connectivity index (χ4n) is 5.30. The fraction of sp³-hybridized carbons (Fsp3) is 0.485. The maximum Gasteiger partial charge on any atom is 0.435 e. The molecule has 8 nitrogen and oxygen atoms in total. The molecule has 260 valence electrons. The average molecular weight is 697 g/mol. The molecule has 0 atom stereocenters. The highest BCUT2D eigenvalue weighted by Gasteiger charge is 2.39. The SMILES string of the molecule is CC(C)n1nc(C(F)(F)F)cc1-c1cn(COCC[Si](C)(C)C)c2nccc(Oc3c(F)cc(CC(=O)CCC4(F)COC4)cc3F)c12. The molecule has 0 unspecified atom stereocenters. The third kappa shape index (κ3) is 8.12. The molecule has 0 bridgehead atoms. The molecular formula is C33H38F6N4O4Si. The number of Topliss-reactive ketones (excluding diaryl/α,β-unsaturated/α-hetero) is 1. The monoisotopic (exact) mass is 696 g/mol. The summed E-state index contributed by atoms with van der Waals surface area (Å²) in [7, 11) is -1.42. The van der Waals surface area contributed by atoms with Gasteiger partial charge in [0.05, 0.1) is 24.3 Å². The largest absolute Gasteiger partial charge is 0.450 e. The van der Waals surface area contributed by atoms with Gasteiger partial charge in [-0.25, -0.2) is 18.2 Å². The Morgan fingerprint density at radius 1 is 1.12 bits per heavy atom. The predicted octanol–water partition coefficient (Wildman–Crippen LogP) is 8.51. The number of rotatable bonds is 14. The van der Waals surface area contributed by atoms with Crippen LogP contribution in [-0.4, -0.2) is 58.7 Å². The maximum atomic E-state index is 15.4. The van der Waals surface area contributed by atoms with Crippen LogP contribution in [0.15, 0.2) is 36.7 Å². The van der Waals surface area contributed by atoms with Gasteiger partial charge in [0.2, 0.25) is 0 Å². The number of alkyl halides is 4. The first-order valence-corrected chi connectivity index (χ1v) is 19.3. The molecule has 0 aliphatic carbocycles. The van der Waals surface area contributed by atoms with E-state index in [-0.39, 0.29) is 78.6 Å². The number of pyridine rings is 1. The molecule has 4 aromatic rings. The Morgan fingerprint density at radius 2 is 1.81 bits per heavy atom. The Bertz CT molecular complexity index is 1770. The third-order valence-electron chi connectivity index (χ3n) is 7.98. The minimum atomic E-state index is -4.72. The number of halogens is 6. The number of fused-ring (bicyclic) bond motifs is 1. The van der Waals surface area contributed by atoms with Crippen molar-refractivity contribution < 1.29 is 45.3 Å². The van der Waals surface area contributed by atoms with E-state index in [4.69, 9.17) is 14.2 Å². The summed E-state index contributed by atoms with van der Waals surface area (Å²) in [6.07, 6.45) is -2.26. The van der Waals surface area contributed by atoms with Crippen molar-refractivity contribution in [1.29, 1.82) is 0 Å². The molecule has 5 rings (SSSR count). The smallest absolute Gasteiger partial charge is 0.435 e. The summed E-state index contributed by atoms with van der Waals surface area (Å²) in [5.41, 5.74) is -2.02. The number of ketones is 1. The Hall–Kier alpha value is -3.69. The molecular weight excluding hydrogens is 658 g/mol. The van der Waals surface area contributed by atoms with Crippen molar-refractivity contribution in [3.05, 3.63) is 59.6 Å². The number of aromatic nitrogens is 4. The number of hydrogen-bond acceptors (Lipinski definition) is 6. The lowest BCUT2D eigenvalue weighted by Crippen LogP contribution is -2.45. The van der Waals surface area contributed by atoms with Gasteiger partial charge in [-0.05, 0) is 56.1 Å². The van der Waals surface area contributed by atoms with E-state index in [0.717, 1.165) is 24.2 Å². The Balaban J connectivity index is 1.51. The highest BCUT2D eigenvalue weighted by atomic mass is 28.3. The van der Waals surface area contributed by atoms with Crippen molar-refractivity contribution in [2.75, 3.05) is 19.8 Å². The zero-order valence-corrected chi connectivity index (χ0v) is 28.4. The topological polar surface area (TPSA) is 80.4 Å². The summed E-state index contributed by atoms with van der Waals surface area (Å²) in [6.45, 7) is 10.3. The molecule has 1 aromatic carbocycles. The van der Waals surface area contributed by atoms with E-state index in [1.807, 2.05) is 0 Å².